The molecule has 1 aliphatic heterocycles. The quantitative estimate of drug-likeness (QED) is 0.796. The van der Waals surface area contributed by atoms with Gasteiger partial charge in [-0.25, -0.2) is 9.97 Å². The SMILES string of the molecule is N#CN1CCC(COc2cnc(Br)cn2)CC1. The summed E-state index contributed by atoms with van der Waals surface area (Å²) in [4.78, 5) is 9.93. The summed E-state index contributed by atoms with van der Waals surface area (Å²) in [7, 11) is 0. The van der Waals surface area contributed by atoms with Crippen molar-refractivity contribution in [2.75, 3.05) is 19.7 Å². The van der Waals surface area contributed by atoms with Gasteiger partial charge in [0.1, 0.15) is 4.60 Å². The highest BCUT2D eigenvalue weighted by Gasteiger charge is 2.18. The van der Waals surface area contributed by atoms with Crippen molar-refractivity contribution in [3.63, 3.8) is 0 Å². The number of nitriles is 1. The minimum atomic E-state index is 0.505. The van der Waals surface area contributed by atoms with Gasteiger partial charge in [-0.3, -0.25) is 0 Å². The van der Waals surface area contributed by atoms with E-state index < -0.39 is 0 Å². The van der Waals surface area contributed by atoms with E-state index in [1.807, 2.05) is 0 Å². The summed E-state index contributed by atoms with van der Waals surface area (Å²) in [6.07, 6.45) is 7.39. The Kier molecular flexibility index (Phi) is 4.15. The van der Waals surface area contributed by atoms with Gasteiger partial charge in [-0.1, -0.05) is 0 Å². The topological polar surface area (TPSA) is 62.0 Å². The average Bonchev–Trinajstić information content (AvgIpc) is 2.39. The number of hydrogen-bond acceptors (Lipinski definition) is 5. The zero-order valence-electron chi connectivity index (χ0n) is 9.34. The number of likely N-dealkylation sites (tertiary alicyclic amines) is 1. The first kappa shape index (κ1) is 12.1. The highest BCUT2D eigenvalue weighted by atomic mass is 79.9. The van der Waals surface area contributed by atoms with Gasteiger partial charge in [0.25, 0.3) is 0 Å². The van der Waals surface area contributed by atoms with Crippen LogP contribution in [0.1, 0.15) is 12.8 Å². The summed E-state index contributed by atoms with van der Waals surface area (Å²) in [5.74, 6) is 1.06. The fourth-order valence-corrected chi connectivity index (χ4v) is 1.98. The molecule has 1 aromatic rings. The van der Waals surface area contributed by atoms with Crippen molar-refractivity contribution in [3.05, 3.63) is 17.0 Å². The van der Waals surface area contributed by atoms with Crippen LogP contribution in [0.5, 0.6) is 5.88 Å². The first-order valence-electron chi connectivity index (χ1n) is 5.53. The monoisotopic (exact) mass is 296 g/mol. The van der Waals surface area contributed by atoms with Gasteiger partial charge in [0.15, 0.2) is 6.19 Å². The molecule has 90 valence electrons. The Morgan fingerprint density at radius 2 is 2.18 bits per heavy atom. The molecule has 17 heavy (non-hydrogen) atoms. The van der Waals surface area contributed by atoms with Crippen molar-refractivity contribution in [2.24, 2.45) is 5.92 Å². The molecule has 2 heterocycles. The lowest BCUT2D eigenvalue weighted by Gasteiger charge is -2.27. The summed E-state index contributed by atoms with van der Waals surface area (Å²) >= 11 is 3.22. The van der Waals surface area contributed by atoms with Gasteiger partial charge in [0.2, 0.25) is 5.88 Å². The Morgan fingerprint density at radius 3 is 2.76 bits per heavy atom. The molecule has 1 saturated heterocycles. The number of piperidine rings is 1. The maximum atomic E-state index is 8.73. The Morgan fingerprint density at radius 1 is 1.41 bits per heavy atom. The van der Waals surface area contributed by atoms with Crippen LogP contribution in [0, 0.1) is 17.4 Å². The van der Waals surface area contributed by atoms with Crippen LogP contribution in [0.2, 0.25) is 0 Å². The smallest absolute Gasteiger partial charge is 0.232 e. The standard InChI is InChI=1S/C11H13BrN4O/c12-10-5-15-11(6-14-10)17-7-9-1-3-16(8-13)4-2-9/h5-6,9H,1-4,7H2. The second-order valence-electron chi connectivity index (χ2n) is 4.02. The Labute approximate surface area is 109 Å². The zero-order valence-corrected chi connectivity index (χ0v) is 10.9. The number of halogens is 1. The van der Waals surface area contributed by atoms with Crippen molar-refractivity contribution >= 4 is 15.9 Å². The van der Waals surface area contributed by atoms with E-state index in [2.05, 4.69) is 32.1 Å². The number of ether oxygens (including phenoxy) is 1. The van der Waals surface area contributed by atoms with Crippen LogP contribution in [-0.2, 0) is 0 Å². The molecule has 0 saturated carbocycles. The predicted octanol–water partition coefficient (Wildman–Crippen LogP) is 1.81. The summed E-state index contributed by atoms with van der Waals surface area (Å²) in [6.45, 7) is 2.31. The molecule has 5 nitrogen and oxygen atoms in total. The summed E-state index contributed by atoms with van der Waals surface area (Å²) in [5.41, 5.74) is 0. The third kappa shape index (κ3) is 3.56. The van der Waals surface area contributed by atoms with Crippen LogP contribution in [0.3, 0.4) is 0 Å². The minimum absolute atomic E-state index is 0.505. The van der Waals surface area contributed by atoms with Gasteiger partial charge in [0, 0.05) is 13.1 Å². The minimum Gasteiger partial charge on any atom is -0.476 e. The molecular weight excluding hydrogens is 284 g/mol. The Hall–Kier alpha value is -1.35. The highest BCUT2D eigenvalue weighted by Crippen LogP contribution is 2.18. The van der Waals surface area contributed by atoms with Crippen molar-refractivity contribution in [1.82, 2.24) is 14.9 Å². The van der Waals surface area contributed by atoms with Gasteiger partial charge in [0.05, 0.1) is 19.0 Å². The second-order valence-corrected chi connectivity index (χ2v) is 4.83. The van der Waals surface area contributed by atoms with E-state index in [4.69, 9.17) is 10.00 Å². The molecule has 0 bridgehead atoms. The van der Waals surface area contributed by atoms with Crippen molar-refractivity contribution in [3.8, 4) is 12.1 Å². The lowest BCUT2D eigenvalue weighted by molar-refractivity contribution is 0.171. The van der Waals surface area contributed by atoms with Crippen LogP contribution in [-0.4, -0.2) is 34.6 Å². The second kappa shape index (κ2) is 5.82. The van der Waals surface area contributed by atoms with E-state index in [0.717, 1.165) is 25.9 Å². The average molecular weight is 297 g/mol. The molecule has 0 unspecified atom stereocenters. The van der Waals surface area contributed by atoms with E-state index in [-0.39, 0.29) is 0 Å². The van der Waals surface area contributed by atoms with E-state index in [9.17, 15) is 0 Å². The Balaban J connectivity index is 1.76. The van der Waals surface area contributed by atoms with Crippen molar-refractivity contribution < 1.29 is 4.74 Å². The van der Waals surface area contributed by atoms with Crippen molar-refractivity contribution in [2.45, 2.75) is 12.8 Å². The first-order valence-corrected chi connectivity index (χ1v) is 6.32. The molecule has 0 N–H and O–H groups in total. The molecule has 0 aromatic carbocycles. The van der Waals surface area contributed by atoms with Gasteiger partial charge in [-0.2, -0.15) is 5.26 Å². The van der Waals surface area contributed by atoms with Crippen LogP contribution >= 0.6 is 15.9 Å². The van der Waals surface area contributed by atoms with Crippen LogP contribution in [0.25, 0.3) is 0 Å². The molecule has 2 rings (SSSR count). The van der Waals surface area contributed by atoms with E-state index >= 15 is 0 Å². The van der Waals surface area contributed by atoms with Gasteiger partial charge in [-0.05, 0) is 34.7 Å². The Bertz CT molecular complexity index is 395. The molecule has 1 aromatic heterocycles. The largest absolute Gasteiger partial charge is 0.476 e. The first-order chi connectivity index (χ1) is 8.28. The number of nitrogens with zero attached hydrogens (tertiary/aromatic N) is 4. The van der Waals surface area contributed by atoms with E-state index in [1.165, 1.54) is 0 Å². The summed E-state index contributed by atoms with van der Waals surface area (Å²) < 4.78 is 6.27. The van der Waals surface area contributed by atoms with Crippen LogP contribution < -0.4 is 4.74 Å². The molecule has 1 fully saturated rings. The molecule has 0 aliphatic carbocycles. The molecule has 0 spiro atoms. The number of rotatable bonds is 3. The fraction of sp³-hybridized carbons (Fsp3) is 0.545. The van der Waals surface area contributed by atoms with Crippen molar-refractivity contribution in [1.29, 1.82) is 5.26 Å². The lowest BCUT2D eigenvalue weighted by Crippen LogP contribution is -2.32. The molecule has 6 heteroatoms. The number of hydrogen-bond donors (Lipinski definition) is 0. The summed E-state index contributed by atoms with van der Waals surface area (Å²) in [6, 6.07) is 0. The molecule has 1 aliphatic rings. The third-order valence-electron chi connectivity index (χ3n) is 2.82. The van der Waals surface area contributed by atoms with Gasteiger partial charge >= 0.3 is 0 Å². The van der Waals surface area contributed by atoms with E-state index in [1.54, 1.807) is 17.3 Å². The van der Waals surface area contributed by atoms with Gasteiger partial charge in [-0.15, -0.1) is 0 Å². The molecule has 0 radical (unpaired) electrons. The van der Waals surface area contributed by atoms with Crippen LogP contribution in [0.4, 0.5) is 0 Å². The fourth-order valence-electron chi connectivity index (χ4n) is 1.78. The van der Waals surface area contributed by atoms with Gasteiger partial charge < -0.3 is 9.64 Å². The van der Waals surface area contributed by atoms with E-state index in [0.29, 0.717) is 23.0 Å². The maximum Gasteiger partial charge on any atom is 0.232 e. The molecule has 0 atom stereocenters. The molecular formula is C11H13BrN4O. The maximum absolute atomic E-state index is 8.73. The zero-order chi connectivity index (χ0) is 12.1. The van der Waals surface area contributed by atoms with Crippen LogP contribution in [0.15, 0.2) is 17.0 Å². The lowest BCUT2D eigenvalue weighted by atomic mass is 9.98. The predicted molar refractivity (Wildman–Crippen MR) is 65.1 cm³/mol. The normalized spacial score (nSPS) is 16.6. The summed E-state index contributed by atoms with van der Waals surface area (Å²) in [5, 5.41) is 8.73. The highest BCUT2D eigenvalue weighted by molar-refractivity contribution is 9.10. The molecule has 0 amide bonds. The number of aromatic nitrogens is 2. The third-order valence-corrected chi connectivity index (χ3v) is 3.23.